The van der Waals surface area contributed by atoms with Crippen molar-refractivity contribution in [3.05, 3.63) is 58.8 Å². The third kappa shape index (κ3) is 2.78. The minimum atomic E-state index is 0.0260. The highest BCUT2D eigenvalue weighted by Gasteiger charge is 2.08. The van der Waals surface area contributed by atoms with Crippen molar-refractivity contribution in [2.24, 2.45) is 0 Å². The molecule has 0 spiro atoms. The SMILES string of the molecule is CC(=O)c1ccc(Br)c(Nc2ncnc3ccccc23)c1. The first-order valence-electron chi connectivity index (χ1n) is 6.42. The molecule has 4 nitrogen and oxygen atoms in total. The lowest BCUT2D eigenvalue weighted by Gasteiger charge is -2.11. The van der Waals surface area contributed by atoms with E-state index in [2.05, 4.69) is 31.2 Å². The molecule has 0 bridgehead atoms. The molecule has 2 aromatic carbocycles. The van der Waals surface area contributed by atoms with Crippen LogP contribution in [-0.4, -0.2) is 15.8 Å². The first-order valence-corrected chi connectivity index (χ1v) is 7.22. The normalized spacial score (nSPS) is 10.6. The molecule has 0 radical (unpaired) electrons. The van der Waals surface area contributed by atoms with Gasteiger partial charge in [0.15, 0.2) is 5.78 Å². The number of Topliss-reactive ketones (excluding diaryl/α,β-unsaturated/α-hetero) is 1. The average molecular weight is 342 g/mol. The highest BCUT2D eigenvalue weighted by Crippen LogP contribution is 2.29. The van der Waals surface area contributed by atoms with Crippen molar-refractivity contribution in [2.75, 3.05) is 5.32 Å². The summed E-state index contributed by atoms with van der Waals surface area (Å²) in [6.45, 7) is 1.55. The Balaban J connectivity index is 2.06. The lowest BCUT2D eigenvalue weighted by atomic mass is 10.1. The van der Waals surface area contributed by atoms with Crippen LogP contribution in [0.15, 0.2) is 53.3 Å². The number of rotatable bonds is 3. The summed E-state index contributed by atoms with van der Waals surface area (Å²) in [7, 11) is 0. The maximum Gasteiger partial charge on any atom is 0.159 e. The molecule has 1 N–H and O–H groups in total. The van der Waals surface area contributed by atoms with Crippen LogP contribution in [0.4, 0.5) is 11.5 Å². The van der Waals surface area contributed by atoms with E-state index >= 15 is 0 Å². The number of nitrogens with one attached hydrogen (secondary N) is 1. The number of hydrogen-bond acceptors (Lipinski definition) is 4. The zero-order valence-electron chi connectivity index (χ0n) is 11.3. The fourth-order valence-electron chi connectivity index (χ4n) is 2.07. The largest absolute Gasteiger partial charge is 0.339 e. The van der Waals surface area contributed by atoms with Crippen molar-refractivity contribution < 1.29 is 4.79 Å². The third-order valence-corrected chi connectivity index (χ3v) is 3.86. The van der Waals surface area contributed by atoms with E-state index in [0.717, 1.165) is 21.1 Å². The second-order valence-corrected chi connectivity index (χ2v) is 5.47. The summed E-state index contributed by atoms with van der Waals surface area (Å²) in [5.41, 5.74) is 2.32. The molecule has 3 rings (SSSR count). The van der Waals surface area contributed by atoms with Gasteiger partial charge in [-0.2, -0.15) is 0 Å². The Morgan fingerprint density at radius 3 is 2.76 bits per heavy atom. The fraction of sp³-hybridized carbons (Fsp3) is 0.0625. The lowest BCUT2D eigenvalue weighted by molar-refractivity contribution is 0.101. The Hall–Kier alpha value is -2.27. The molecule has 0 aliphatic carbocycles. The van der Waals surface area contributed by atoms with Crippen molar-refractivity contribution in [1.82, 2.24) is 9.97 Å². The number of benzene rings is 2. The maximum atomic E-state index is 11.5. The Kier molecular flexibility index (Phi) is 3.66. The van der Waals surface area contributed by atoms with Gasteiger partial charge in [0.25, 0.3) is 0 Å². The average Bonchev–Trinajstić information content (AvgIpc) is 2.49. The molecule has 3 aromatic rings. The van der Waals surface area contributed by atoms with Gasteiger partial charge in [-0.05, 0) is 47.1 Å². The molecular weight excluding hydrogens is 330 g/mol. The zero-order chi connectivity index (χ0) is 14.8. The number of nitrogens with zero attached hydrogens (tertiary/aromatic N) is 2. The fourth-order valence-corrected chi connectivity index (χ4v) is 2.42. The number of para-hydroxylation sites is 1. The molecule has 0 atom stereocenters. The van der Waals surface area contributed by atoms with E-state index in [4.69, 9.17) is 0 Å². The van der Waals surface area contributed by atoms with Crippen molar-refractivity contribution in [3.63, 3.8) is 0 Å². The van der Waals surface area contributed by atoms with E-state index in [9.17, 15) is 4.79 Å². The molecule has 0 unspecified atom stereocenters. The Labute approximate surface area is 130 Å². The number of carbonyl (C=O) groups is 1. The van der Waals surface area contributed by atoms with Crippen LogP contribution in [0.3, 0.4) is 0 Å². The third-order valence-electron chi connectivity index (χ3n) is 3.17. The summed E-state index contributed by atoms with van der Waals surface area (Å²) >= 11 is 3.48. The highest BCUT2D eigenvalue weighted by atomic mass is 79.9. The summed E-state index contributed by atoms with van der Waals surface area (Å²) in [4.78, 5) is 20.0. The molecule has 104 valence electrons. The predicted octanol–water partition coefficient (Wildman–Crippen LogP) is 4.34. The van der Waals surface area contributed by atoms with Gasteiger partial charge in [-0.15, -0.1) is 0 Å². The van der Waals surface area contributed by atoms with Crippen molar-refractivity contribution in [3.8, 4) is 0 Å². The van der Waals surface area contributed by atoms with E-state index in [-0.39, 0.29) is 5.78 Å². The molecular formula is C16H12BrN3O. The summed E-state index contributed by atoms with van der Waals surface area (Å²) in [5, 5.41) is 4.19. The minimum absolute atomic E-state index is 0.0260. The van der Waals surface area contributed by atoms with Crippen LogP contribution in [0.1, 0.15) is 17.3 Å². The van der Waals surface area contributed by atoms with Crippen LogP contribution < -0.4 is 5.32 Å². The van der Waals surface area contributed by atoms with Gasteiger partial charge in [-0.3, -0.25) is 4.79 Å². The van der Waals surface area contributed by atoms with Crippen LogP contribution >= 0.6 is 15.9 Å². The van der Waals surface area contributed by atoms with E-state index in [1.54, 1.807) is 13.0 Å². The van der Waals surface area contributed by atoms with Gasteiger partial charge in [0.2, 0.25) is 0 Å². The highest BCUT2D eigenvalue weighted by molar-refractivity contribution is 9.10. The van der Waals surface area contributed by atoms with Gasteiger partial charge in [-0.1, -0.05) is 18.2 Å². The number of carbonyl (C=O) groups excluding carboxylic acids is 1. The van der Waals surface area contributed by atoms with Crippen LogP contribution in [0.25, 0.3) is 10.9 Å². The first kappa shape index (κ1) is 13.7. The summed E-state index contributed by atoms with van der Waals surface area (Å²) in [6, 6.07) is 13.2. The molecule has 0 aliphatic heterocycles. The second-order valence-electron chi connectivity index (χ2n) is 4.62. The maximum absolute atomic E-state index is 11.5. The van der Waals surface area contributed by atoms with Crippen molar-refractivity contribution in [1.29, 1.82) is 0 Å². The quantitative estimate of drug-likeness (QED) is 0.720. The first-order chi connectivity index (χ1) is 10.1. The van der Waals surface area contributed by atoms with E-state index < -0.39 is 0 Å². The van der Waals surface area contributed by atoms with Gasteiger partial charge in [0.1, 0.15) is 12.1 Å². The molecule has 0 saturated carbocycles. The van der Waals surface area contributed by atoms with Crippen LogP contribution in [-0.2, 0) is 0 Å². The molecule has 1 heterocycles. The van der Waals surface area contributed by atoms with Gasteiger partial charge < -0.3 is 5.32 Å². The van der Waals surface area contributed by atoms with E-state index in [1.807, 2.05) is 36.4 Å². The number of aromatic nitrogens is 2. The molecule has 1 aromatic heterocycles. The zero-order valence-corrected chi connectivity index (χ0v) is 12.9. The Morgan fingerprint density at radius 2 is 1.95 bits per heavy atom. The topological polar surface area (TPSA) is 54.9 Å². The smallest absolute Gasteiger partial charge is 0.159 e. The number of anilines is 2. The van der Waals surface area contributed by atoms with Gasteiger partial charge in [-0.25, -0.2) is 9.97 Å². The number of halogens is 1. The van der Waals surface area contributed by atoms with Crippen LogP contribution in [0, 0.1) is 0 Å². The van der Waals surface area contributed by atoms with Gasteiger partial charge >= 0.3 is 0 Å². The lowest BCUT2D eigenvalue weighted by Crippen LogP contribution is -1.99. The number of ketones is 1. The molecule has 0 aliphatic rings. The summed E-state index contributed by atoms with van der Waals surface area (Å²) in [6.07, 6.45) is 1.52. The number of hydrogen-bond donors (Lipinski definition) is 1. The Bertz CT molecular complexity index is 827. The van der Waals surface area contributed by atoms with Crippen LogP contribution in [0.5, 0.6) is 0 Å². The van der Waals surface area contributed by atoms with E-state index in [1.165, 1.54) is 6.33 Å². The predicted molar refractivity (Wildman–Crippen MR) is 87.0 cm³/mol. The summed E-state index contributed by atoms with van der Waals surface area (Å²) in [5.74, 6) is 0.736. The minimum Gasteiger partial charge on any atom is -0.339 e. The van der Waals surface area contributed by atoms with Gasteiger partial charge in [0, 0.05) is 15.4 Å². The molecule has 0 fully saturated rings. The molecule has 21 heavy (non-hydrogen) atoms. The number of fused-ring (bicyclic) bond motifs is 1. The molecule has 0 saturated heterocycles. The standard InChI is InChI=1S/C16H12BrN3O/c1-10(21)11-6-7-13(17)15(8-11)20-16-12-4-2-3-5-14(12)18-9-19-16/h2-9H,1H3,(H,18,19,20). The van der Waals surface area contributed by atoms with E-state index in [0.29, 0.717) is 11.4 Å². The monoisotopic (exact) mass is 341 g/mol. The Morgan fingerprint density at radius 1 is 1.14 bits per heavy atom. The second kappa shape index (κ2) is 5.61. The van der Waals surface area contributed by atoms with Gasteiger partial charge in [0.05, 0.1) is 11.2 Å². The molecule has 5 heteroatoms. The van der Waals surface area contributed by atoms with Crippen molar-refractivity contribution in [2.45, 2.75) is 6.92 Å². The molecule has 0 amide bonds. The van der Waals surface area contributed by atoms with Crippen LogP contribution in [0.2, 0.25) is 0 Å². The van der Waals surface area contributed by atoms with Crippen molar-refractivity contribution >= 4 is 44.1 Å². The summed E-state index contributed by atoms with van der Waals surface area (Å²) < 4.78 is 0.871.